The number of amides is 1. The van der Waals surface area contributed by atoms with Crippen LogP contribution in [-0.4, -0.2) is 20.7 Å². The maximum absolute atomic E-state index is 11.6. The first-order valence-electron chi connectivity index (χ1n) is 6.71. The van der Waals surface area contributed by atoms with Gasteiger partial charge in [-0.05, 0) is 30.5 Å². The standard InChI is InChI=1S/C15H19N3O3/c16-11-5-3-10(4-6-11)12(15(17)21)2-1-9-18-13(19)7-8-14(18)20/h3-8,12,19-20H,1-2,9,16H2,(H2,17,21). The summed E-state index contributed by atoms with van der Waals surface area (Å²) < 4.78 is 1.38. The van der Waals surface area contributed by atoms with E-state index in [1.54, 1.807) is 24.3 Å². The lowest BCUT2D eigenvalue weighted by Crippen LogP contribution is -2.21. The van der Waals surface area contributed by atoms with Crippen LogP contribution in [0.25, 0.3) is 0 Å². The molecule has 1 amide bonds. The number of carbonyl (C=O) groups is 1. The smallest absolute Gasteiger partial charge is 0.224 e. The van der Waals surface area contributed by atoms with E-state index in [1.807, 2.05) is 0 Å². The number of anilines is 1. The Morgan fingerprint density at radius 3 is 2.19 bits per heavy atom. The van der Waals surface area contributed by atoms with Crippen LogP contribution >= 0.6 is 0 Å². The summed E-state index contributed by atoms with van der Waals surface area (Å²) in [5, 5.41) is 19.1. The van der Waals surface area contributed by atoms with E-state index < -0.39 is 11.8 Å². The highest BCUT2D eigenvalue weighted by Gasteiger charge is 2.18. The minimum Gasteiger partial charge on any atom is -0.494 e. The number of aromatic nitrogens is 1. The Labute approximate surface area is 122 Å². The van der Waals surface area contributed by atoms with Crippen molar-refractivity contribution in [2.75, 3.05) is 5.73 Å². The Hall–Kier alpha value is -2.63. The maximum atomic E-state index is 11.6. The largest absolute Gasteiger partial charge is 0.494 e. The van der Waals surface area contributed by atoms with Gasteiger partial charge in [-0.1, -0.05) is 12.1 Å². The zero-order valence-electron chi connectivity index (χ0n) is 11.6. The highest BCUT2D eigenvalue weighted by atomic mass is 16.3. The van der Waals surface area contributed by atoms with E-state index in [1.165, 1.54) is 16.7 Å². The average molecular weight is 289 g/mol. The molecule has 21 heavy (non-hydrogen) atoms. The van der Waals surface area contributed by atoms with Crippen molar-refractivity contribution in [3.8, 4) is 11.8 Å². The number of nitrogens with zero attached hydrogens (tertiary/aromatic N) is 1. The van der Waals surface area contributed by atoms with Crippen molar-refractivity contribution >= 4 is 11.6 Å². The number of nitrogen functional groups attached to an aromatic ring is 1. The normalized spacial score (nSPS) is 12.2. The van der Waals surface area contributed by atoms with E-state index in [-0.39, 0.29) is 11.8 Å². The molecule has 6 nitrogen and oxygen atoms in total. The summed E-state index contributed by atoms with van der Waals surface area (Å²) in [6.45, 7) is 0.406. The number of aromatic hydroxyl groups is 2. The van der Waals surface area contributed by atoms with E-state index in [0.717, 1.165) is 5.56 Å². The fourth-order valence-electron chi connectivity index (χ4n) is 2.33. The number of hydrogen-bond acceptors (Lipinski definition) is 4. The third-order valence-corrected chi connectivity index (χ3v) is 3.49. The molecule has 2 aromatic rings. The van der Waals surface area contributed by atoms with Crippen LogP contribution in [-0.2, 0) is 11.3 Å². The molecule has 0 fully saturated rings. The van der Waals surface area contributed by atoms with Crippen LogP contribution in [0.2, 0.25) is 0 Å². The van der Waals surface area contributed by atoms with Crippen molar-refractivity contribution < 1.29 is 15.0 Å². The molecule has 0 saturated carbocycles. The van der Waals surface area contributed by atoms with Gasteiger partial charge in [0.15, 0.2) is 11.8 Å². The van der Waals surface area contributed by atoms with E-state index in [9.17, 15) is 15.0 Å². The SMILES string of the molecule is NC(=O)C(CCCn1c(O)ccc1O)c1ccc(N)cc1. The van der Waals surface area contributed by atoms with Crippen molar-refractivity contribution in [3.63, 3.8) is 0 Å². The molecule has 1 heterocycles. The van der Waals surface area contributed by atoms with Crippen molar-refractivity contribution in [2.45, 2.75) is 25.3 Å². The summed E-state index contributed by atoms with van der Waals surface area (Å²) in [6, 6.07) is 9.87. The molecular formula is C15H19N3O3. The molecule has 0 radical (unpaired) electrons. The lowest BCUT2D eigenvalue weighted by atomic mass is 9.93. The Kier molecular flexibility index (Phi) is 4.37. The third kappa shape index (κ3) is 3.47. The average Bonchev–Trinajstić information content (AvgIpc) is 2.76. The van der Waals surface area contributed by atoms with Gasteiger partial charge in [0.1, 0.15) is 0 Å². The van der Waals surface area contributed by atoms with Crippen LogP contribution in [0.1, 0.15) is 24.3 Å². The topological polar surface area (TPSA) is 114 Å². The van der Waals surface area contributed by atoms with Gasteiger partial charge in [-0.3, -0.25) is 9.36 Å². The first-order valence-corrected chi connectivity index (χ1v) is 6.71. The first kappa shape index (κ1) is 14.8. The second kappa shape index (κ2) is 6.21. The predicted molar refractivity (Wildman–Crippen MR) is 79.8 cm³/mol. The van der Waals surface area contributed by atoms with E-state index in [0.29, 0.717) is 25.1 Å². The second-order valence-corrected chi connectivity index (χ2v) is 4.97. The monoisotopic (exact) mass is 289 g/mol. The minimum absolute atomic E-state index is 0.00407. The Morgan fingerprint density at radius 2 is 1.67 bits per heavy atom. The molecule has 0 spiro atoms. The number of benzene rings is 1. The zero-order valence-corrected chi connectivity index (χ0v) is 11.6. The molecule has 1 aromatic heterocycles. The van der Waals surface area contributed by atoms with Crippen molar-refractivity contribution in [1.82, 2.24) is 4.57 Å². The van der Waals surface area contributed by atoms with Gasteiger partial charge in [-0.25, -0.2) is 0 Å². The highest BCUT2D eigenvalue weighted by molar-refractivity contribution is 5.82. The second-order valence-electron chi connectivity index (χ2n) is 4.97. The van der Waals surface area contributed by atoms with Crippen molar-refractivity contribution in [2.24, 2.45) is 5.73 Å². The summed E-state index contributed by atoms with van der Waals surface area (Å²) in [6.07, 6.45) is 1.12. The highest BCUT2D eigenvalue weighted by Crippen LogP contribution is 2.25. The molecule has 6 heteroatoms. The Morgan fingerprint density at radius 1 is 1.10 bits per heavy atom. The molecular weight excluding hydrogens is 270 g/mol. The summed E-state index contributed by atoms with van der Waals surface area (Å²) in [5.41, 5.74) is 12.5. The lowest BCUT2D eigenvalue weighted by Gasteiger charge is -2.14. The molecule has 0 saturated heterocycles. The molecule has 6 N–H and O–H groups in total. The van der Waals surface area contributed by atoms with Gasteiger partial charge in [0.2, 0.25) is 5.91 Å². The molecule has 2 rings (SSSR count). The van der Waals surface area contributed by atoms with Gasteiger partial charge >= 0.3 is 0 Å². The summed E-state index contributed by atoms with van der Waals surface area (Å²) in [5.74, 6) is -0.822. The van der Waals surface area contributed by atoms with Crippen molar-refractivity contribution in [1.29, 1.82) is 0 Å². The third-order valence-electron chi connectivity index (χ3n) is 3.49. The molecule has 112 valence electrons. The van der Waals surface area contributed by atoms with E-state index in [4.69, 9.17) is 11.5 Å². The van der Waals surface area contributed by atoms with Gasteiger partial charge in [0.05, 0.1) is 5.92 Å². The summed E-state index contributed by atoms with van der Waals surface area (Å²) in [4.78, 5) is 11.6. The minimum atomic E-state index is -0.412. The maximum Gasteiger partial charge on any atom is 0.224 e. The molecule has 1 unspecified atom stereocenters. The molecule has 1 aromatic carbocycles. The van der Waals surface area contributed by atoms with Crippen LogP contribution in [0, 0.1) is 0 Å². The van der Waals surface area contributed by atoms with Gasteiger partial charge in [0.25, 0.3) is 0 Å². The van der Waals surface area contributed by atoms with Crippen LogP contribution in [0.15, 0.2) is 36.4 Å². The molecule has 0 bridgehead atoms. The van der Waals surface area contributed by atoms with Crippen molar-refractivity contribution in [3.05, 3.63) is 42.0 Å². The fraction of sp³-hybridized carbons (Fsp3) is 0.267. The number of carbonyl (C=O) groups excluding carboxylic acids is 1. The molecule has 0 aliphatic rings. The lowest BCUT2D eigenvalue weighted by molar-refractivity contribution is -0.119. The van der Waals surface area contributed by atoms with Gasteiger partial charge < -0.3 is 21.7 Å². The van der Waals surface area contributed by atoms with Gasteiger partial charge in [-0.2, -0.15) is 0 Å². The van der Waals surface area contributed by atoms with Gasteiger partial charge in [-0.15, -0.1) is 0 Å². The number of rotatable bonds is 6. The Bertz CT molecular complexity index is 600. The number of hydrogen-bond donors (Lipinski definition) is 4. The Balaban J connectivity index is 2.01. The number of primary amides is 1. The molecule has 1 atom stereocenters. The summed E-state index contributed by atoms with van der Waals surface area (Å²) >= 11 is 0. The van der Waals surface area contributed by atoms with E-state index >= 15 is 0 Å². The van der Waals surface area contributed by atoms with Crippen LogP contribution in [0.4, 0.5) is 5.69 Å². The van der Waals surface area contributed by atoms with Gasteiger partial charge in [0, 0.05) is 24.4 Å². The van der Waals surface area contributed by atoms with Crippen LogP contribution < -0.4 is 11.5 Å². The predicted octanol–water partition coefficient (Wildman–Crippen LogP) is 1.53. The quantitative estimate of drug-likeness (QED) is 0.604. The summed E-state index contributed by atoms with van der Waals surface area (Å²) in [7, 11) is 0. The molecule has 0 aliphatic heterocycles. The zero-order chi connectivity index (χ0) is 15.4. The van der Waals surface area contributed by atoms with Crippen LogP contribution in [0.5, 0.6) is 11.8 Å². The fourth-order valence-corrected chi connectivity index (χ4v) is 2.33. The van der Waals surface area contributed by atoms with Crippen LogP contribution in [0.3, 0.4) is 0 Å². The molecule has 0 aliphatic carbocycles. The number of nitrogens with two attached hydrogens (primary N) is 2. The first-order chi connectivity index (χ1) is 9.99. The van der Waals surface area contributed by atoms with E-state index in [2.05, 4.69) is 0 Å².